The fourth-order valence-electron chi connectivity index (χ4n) is 1.88. The molecule has 0 radical (unpaired) electrons. The van der Waals surface area contributed by atoms with Gasteiger partial charge in [-0.3, -0.25) is 14.5 Å². The lowest BCUT2D eigenvalue weighted by molar-refractivity contribution is -0.137. The second-order valence-corrected chi connectivity index (χ2v) is 6.25. The van der Waals surface area contributed by atoms with Gasteiger partial charge in [0.25, 0.3) is 5.91 Å². The Balaban J connectivity index is 2.15. The van der Waals surface area contributed by atoms with Gasteiger partial charge in [0.2, 0.25) is 0 Å². The van der Waals surface area contributed by atoms with Crippen LogP contribution in [0.4, 0.5) is 0 Å². The summed E-state index contributed by atoms with van der Waals surface area (Å²) in [4.78, 5) is 24.4. The molecule has 0 aliphatic carbocycles. The Morgan fingerprint density at radius 3 is 2.77 bits per heavy atom. The Bertz CT molecular complexity index is 671. The number of carboxylic acids is 1. The summed E-state index contributed by atoms with van der Waals surface area (Å²) in [6.45, 7) is 0.236. The molecule has 1 aromatic rings. The normalized spacial score (nSPS) is 16.5. The fourth-order valence-corrected chi connectivity index (χ4v) is 3.18. The second-order valence-electron chi connectivity index (χ2n) is 4.57. The zero-order chi connectivity index (χ0) is 16.3. The van der Waals surface area contributed by atoms with Crippen LogP contribution in [0.1, 0.15) is 18.4 Å². The molecule has 6 nitrogen and oxygen atoms in total. The zero-order valence-corrected chi connectivity index (χ0v) is 13.0. The third kappa shape index (κ3) is 3.77. The van der Waals surface area contributed by atoms with E-state index in [1.54, 1.807) is 0 Å². The van der Waals surface area contributed by atoms with Gasteiger partial charge in [0, 0.05) is 18.5 Å². The van der Waals surface area contributed by atoms with Crippen LogP contribution in [-0.2, 0) is 9.59 Å². The molecule has 116 valence electrons. The molecule has 1 fully saturated rings. The van der Waals surface area contributed by atoms with Crippen LogP contribution >= 0.6 is 24.0 Å². The van der Waals surface area contributed by atoms with Gasteiger partial charge in [-0.25, -0.2) is 0 Å². The summed E-state index contributed by atoms with van der Waals surface area (Å²) in [5.41, 5.74) is 0.311. The highest BCUT2D eigenvalue weighted by Gasteiger charge is 2.31. The lowest BCUT2D eigenvalue weighted by Gasteiger charge is -2.13. The van der Waals surface area contributed by atoms with Crippen molar-refractivity contribution in [2.45, 2.75) is 12.8 Å². The smallest absolute Gasteiger partial charge is 0.303 e. The van der Waals surface area contributed by atoms with Gasteiger partial charge in [0.05, 0.1) is 4.91 Å². The quantitative estimate of drug-likeness (QED) is 0.429. The van der Waals surface area contributed by atoms with E-state index in [4.69, 9.17) is 17.3 Å². The van der Waals surface area contributed by atoms with Crippen LogP contribution in [0.15, 0.2) is 23.1 Å². The minimum Gasteiger partial charge on any atom is -0.508 e. The number of nitrogens with zero attached hydrogens (tertiary/aromatic N) is 1. The number of carboxylic acid groups (broad SMARTS) is 1. The van der Waals surface area contributed by atoms with Crippen LogP contribution in [0.2, 0.25) is 0 Å². The van der Waals surface area contributed by atoms with E-state index in [0.29, 0.717) is 21.2 Å². The summed E-state index contributed by atoms with van der Waals surface area (Å²) in [6.07, 6.45) is 1.72. The molecule has 0 atom stereocenters. The van der Waals surface area contributed by atoms with Gasteiger partial charge in [0.1, 0.15) is 15.8 Å². The largest absolute Gasteiger partial charge is 0.508 e. The van der Waals surface area contributed by atoms with Crippen molar-refractivity contribution in [3.8, 4) is 11.5 Å². The van der Waals surface area contributed by atoms with Crippen molar-refractivity contribution in [2.75, 3.05) is 6.54 Å². The average Bonchev–Trinajstić information content (AvgIpc) is 2.70. The Morgan fingerprint density at radius 1 is 1.36 bits per heavy atom. The van der Waals surface area contributed by atoms with Crippen molar-refractivity contribution in [1.82, 2.24) is 4.90 Å². The standard InChI is InChI=1S/C14H13NO5S2/c16-9-3-4-10(17)8(6-9)7-11-13(20)15(14(21)22-11)5-1-2-12(18)19/h3-4,6-7,16-17H,1-2,5H2,(H,18,19)/b11-7-. The summed E-state index contributed by atoms with van der Waals surface area (Å²) in [5.74, 6) is -1.34. The number of hydrogen-bond acceptors (Lipinski definition) is 6. The van der Waals surface area contributed by atoms with Crippen molar-refractivity contribution in [3.05, 3.63) is 28.7 Å². The number of aromatic hydroxyl groups is 2. The SMILES string of the molecule is O=C(O)CCCN1C(=O)/C(=C/c2cc(O)ccc2O)SC1=S. The topological polar surface area (TPSA) is 98.1 Å². The first-order valence-electron chi connectivity index (χ1n) is 6.37. The predicted molar refractivity (Wildman–Crippen MR) is 86.5 cm³/mol. The van der Waals surface area contributed by atoms with E-state index in [1.165, 1.54) is 29.2 Å². The molecule has 3 N–H and O–H groups in total. The molecule has 0 spiro atoms. The number of aliphatic carboxylic acids is 1. The highest BCUT2D eigenvalue weighted by atomic mass is 32.2. The van der Waals surface area contributed by atoms with Crippen LogP contribution < -0.4 is 0 Å². The third-order valence-electron chi connectivity index (χ3n) is 2.94. The van der Waals surface area contributed by atoms with E-state index >= 15 is 0 Å². The number of rotatable bonds is 5. The number of phenols is 2. The number of thioether (sulfide) groups is 1. The number of benzene rings is 1. The van der Waals surface area contributed by atoms with Gasteiger partial charge in [0.15, 0.2) is 0 Å². The molecule has 22 heavy (non-hydrogen) atoms. The number of phenolic OH excluding ortho intramolecular Hbond substituents is 2. The van der Waals surface area contributed by atoms with Crippen LogP contribution in [-0.4, -0.2) is 43.0 Å². The summed E-state index contributed by atoms with van der Waals surface area (Å²) in [6, 6.07) is 4.00. The van der Waals surface area contributed by atoms with Gasteiger partial charge >= 0.3 is 5.97 Å². The second kappa shape index (κ2) is 6.80. The highest BCUT2D eigenvalue weighted by molar-refractivity contribution is 8.26. The number of carbonyl (C=O) groups excluding carboxylic acids is 1. The van der Waals surface area contributed by atoms with Gasteiger partial charge in [-0.15, -0.1) is 0 Å². The first-order chi connectivity index (χ1) is 10.4. The first-order valence-corrected chi connectivity index (χ1v) is 7.60. The molecule has 1 aromatic carbocycles. The maximum atomic E-state index is 12.2. The molecule has 0 unspecified atom stereocenters. The lowest BCUT2D eigenvalue weighted by Crippen LogP contribution is -2.29. The van der Waals surface area contributed by atoms with Crippen LogP contribution in [0.3, 0.4) is 0 Å². The monoisotopic (exact) mass is 339 g/mol. The lowest BCUT2D eigenvalue weighted by atomic mass is 10.1. The number of amides is 1. The van der Waals surface area contributed by atoms with Crippen LogP contribution in [0.5, 0.6) is 11.5 Å². The van der Waals surface area contributed by atoms with Crippen molar-refractivity contribution in [2.24, 2.45) is 0 Å². The predicted octanol–water partition coefficient (Wildman–Crippen LogP) is 2.16. The summed E-state index contributed by atoms with van der Waals surface area (Å²) >= 11 is 6.20. The van der Waals surface area contributed by atoms with Gasteiger partial charge in [-0.05, 0) is 30.7 Å². The molecule has 0 saturated carbocycles. The summed E-state index contributed by atoms with van der Waals surface area (Å²) < 4.78 is 0.348. The molecule has 1 heterocycles. The number of hydrogen-bond donors (Lipinski definition) is 3. The molecular formula is C14H13NO5S2. The van der Waals surface area contributed by atoms with Gasteiger partial charge < -0.3 is 15.3 Å². The molecule has 1 aliphatic heterocycles. The first kappa shape index (κ1) is 16.3. The minimum absolute atomic E-state index is 0.0269. The Kier molecular flexibility index (Phi) is 5.04. The third-order valence-corrected chi connectivity index (χ3v) is 4.32. The molecule has 0 aromatic heterocycles. The number of thiocarbonyl (C=S) groups is 1. The Labute approximate surface area is 136 Å². The summed E-state index contributed by atoms with van der Waals surface area (Å²) in [7, 11) is 0. The maximum absolute atomic E-state index is 12.2. The van der Waals surface area contributed by atoms with Crippen molar-refractivity contribution < 1.29 is 24.9 Å². The molecule has 8 heteroatoms. The minimum atomic E-state index is -0.925. The van der Waals surface area contributed by atoms with E-state index in [9.17, 15) is 19.8 Å². The zero-order valence-electron chi connectivity index (χ0n) is 11.4. The van der Waals surface area contributed by atoms with E-state index in [1.807, 2.05) is 0 Å². The molecular weight excluding hydrogens is 326 g/mol. The molecule has 1 amide bonds. The van der Waals surface area contributed by atoms with Crippen molar-refractivity contribution >= 4 is 46.3 Å². The summed E-state index contributed by atoms with van der Waals surface area (Å²) in [5, 5.41) is 27.8. The van der Waals surface area contributed by atoms with Gasteiger partial charge in [-0.1, -0.05) is 24.0 Å². The van der Waals surface area contributed by atoms with Crippen LogP contribution in [0, 0.1) is 0 Å². The molecule has 0 bridgehead atoms. The van der Waals surface area contributed by atoms with E-state index in [-0.39, 0.29) is 30.4 Å². The van der Waals surface area contributed by atoms with E-state index in [0.717, 1.165) is 11.8 Å². The number of carbonyl (C=O) groups is 2. The molecule has 1 saturated heterocycles. The Hall–Kier alpha value is -2.06. The van der Waals surface area contributed by atoms with E-state index < -0.39 is 5.97 Å². The average molecular weight is 339 g/mol. The fraction of sp³-hybridized carbons (Fsp3) is 0.214. The maximum Gasteiger partial charge on any atom is 0.303 e. The highest BCUT2D eigenvalue weighted by Crippen LogP contribution is 2.34. The van der Waals surface area contributed by atoms with Crippen molar-refractivity contribution in [1.29, 1.82) is 0 Å². The van der Waals surface area contributed by atoms with Crippen LogP contribution in [0.25, 0.3) is 6.08 Å². The Morgan fingerprint density at radius 2 is 2.09 bits per heavy atom. The molecule has 1 aliphatic rings. The van der Waals surface area contributed by atoms with Crippen molar-refractivity contribution in [3.63, 3.8) is 0 Å². The molecule has 2 rings (SSSR count). The van der Waals surface area contributed by atoms with E-state index in [2.05, 4.69) is 0 Å². The van der Waals surface area contributed by atoms with Gasteiger partial charge in [-0.2, -0.15) is 0 Å².